The van der Waals surface area contributed by atoms with Crippen LogP contribution in [0.5, 0.6) is 5.75 Å². The van der Waals surface area contributed by atoms with E-state index in [-0.39, 0.29) is 24.0 Å². The number of hydrogen-bond acceptors (Lipinski definition) is 4. The Morgan fingerprint density at radius 3 is 2.43 bits per heavy atom. The molecule has 4 aliphatic rings. The standard InChI is InChI=1S/C24H37NO4S/c1-24(2,3)30(26,27)25-22-9-6-7-18-15-29-23-10-5-4-8-20(23)17-11-13-19(14-12-17)28-16-21(18)22/h4-5,8,10,17-19,21-22,25H,6-7,9,11-16H2,1-3H3/t17-,18?,19+,21-,22+/m1/s1. The topological polar surface area (TPSA) is 64.6 Å². The molecule has 2 saturated carbocycles. The predicted octanol–water partition coefficient (Wildman–Crippen LogP) is 4.62. The summed E-state index contributed by atoms with van der Waals surface area (Å²) in [5.41, 5.74) is 1.33. The molecule has 2 heterocycles. The molecule has 2 aliphatic heterocycles. The van der Waals surface area contributed by atoms with Crippen molar-refractivity contribution in [2.45, 2.75) is 88.5 Å². The first-order chi connectivity index (χ1) is 14.2. The summed E-state index contributed by atoms with van der Waals surface area (Å²) in [4.78, 5) is 0. The summed E-state index contributed by atoms with van der Waals surface area (Å²) >= 11 is 0. The molecule has 6 heteroatoms. The van der Waals surface area contributed by atoms with Crippen molar-refractivity contribution in [2.24, 2.45) is 11.8 Å². The first kappa shape index (κ1) is 22.1. The van der Waals surface area contributed by atoms with Gasteiger partial charge in [0.1, 0.15) is 5.75 Å². The summed E-state index contributed by atoms with van der Waals surface area (Å²) in [6.45, 7) is 6.50. The van der Waals surface area contributed by atoms with Crippen LogP contribution in [-0.2, 0) is 14.8 Å². The number of rotatable bonds is 2. The van der Waals surface area contributed by atoms with Crippen molar-refractivity contribution in [2.75, 3.05) is 13.2 Å². The molecule has 2 fully saturated rings. The fourth-order valence-corrected chi connectivity index (χ4v) is 6.32. The molecule has 1 aromatic carbocycles. The van der Waals surface area contributed by atoms with Gasteiger partial charge in [-0.1, -0.05) is 24.6 Å². The SMILES string of the molecule is CC(C)(C)S(=O)(=O)N[C@H]1CCCC2COc3ccccc3[C@H]3CC[C@H](CC3)OC[C@H]21. The van der Waals surface area contributed by atoms with Gasteiger partial charge < -0.3 is 9.47 Å². The quantitative estimate of drug-likeness (QED) is 0.736. The van der Waals surface area contributed by atoms with E-state index >= 15 is 0 Å². The first-order valence-corrected chi connectivity index (χ1v) is 13.1. The molecule has 1 unspecified atom stereocenters. The van der Waals surface area contributed by atoms with Crippen LogP contribution in [-0.4, -0.2) is 38.5 Å². The zero-order valence-electron chi connectivity index (χ0n) is 18.6. The number of para-hydroxylation sites is 1. The summed E-state index contributed by atoms with van der Waals surface area (Å²) < 4.78 is 40.8. The van der Waals surface area contributed by atoms with Crippen molar-refractivity contribution in [3.05, 3.63) is 29.8 Å². The van der Waals surface area contributed by atoms with E-state index in [2.05, 4.69) is 29.0 Å². The third-order valence-corrected chi connectivity index (χ3v) is 9.56. The Morgan fingerprint density at radius 2 is 1.70 bits per heavy atom. The Hall–Kier alpha value is -1.11. The Bertz CT molecular complexity index is 824. The van der Waals surface area contributed by atoms with Crippen LogP contribution in [0.15, 0.2) is 24.3 Å². The number of hydrogen-bond donors (Lipinski definition) is 1. The smallest absolute Gasteiger partial charge is 0.216 e. The van der Waals surface area contributed by atoms with Crippen molar-refractivity contribution in [3.8, 4) is 5.75 Å². The van der Waals surface area contributed by atoms with Crippen LogP contribution >= 0.6 is 0 Å². The molecular formula is C24H37NO4S. The zero-order valence-corrected chi connectivity index (χ0v) is 19.4. The highest BCUT2D eigenvalue weighted by Crippen LogP contribution is 2.41. The largest absolute Gasteiger partial charge is 0.493 e. The van der Waals surface area contributed by atoms with Gasteiger partial charge in [0.25, 0.3) is 0 Å². The number of ether oxygens (including phenoxy) is 2. The van der Waals surface area contributed by atoms with Gasteiger partial charge >= 0.3 is 0 Å². The van der Waals surface area contributed by atoms with E-state index in [1.54, 1.807) is 20.8 Å². The minimum Gasteiger partial charge on any atom is -0.493 e. The summed E-state index contributed by atoms with van der Waals surface area (Å²) in [5, 5.41) is 0. The molecule has 3 atom stereocenters. The number of sulfonamides is 1. The predicted molar refractivity (Wildman–Crippen MR) is 119 cm³/mol. The molecule has 0 radical (unpaired) electrons. The summed E-state index contributed by atoms with van der Waals surface area (Å²) in [5.74, 6) is 1.99. The van der Waals surface area contributed by atoms with Crippen LogP contribution in [0.25, 0.3) is 0 Å². The lowest BCUT2D eigenvalue weighted by Crippen LogP contribution is -2.52. The van der Waals surface area contributed by atoms with Gasteiger partial charge in [-0.15, -0.1) is 0 Å². The van der Waals surface area contributed by atoms with Gasteiger partial charge in [0.05, 0.1) is 24.1 Å². The Balaban J connectivity index is 1.59. The molecule has 0 amide bonds. The summed E-state index contributed by atoms with van der Waals surface area (Å²) in [6.07, 6.45) is 7.59. The van der Waals surface area contributed by atoms with E-state index in [4.69, 9.17) is 9.47 Å². The Kier molecular flexibility index (Phi) is 6.48. The lowest BCUT2D eigenvalue weighted by Gasteiger charge is -2.41. The normalized spacial score (nSPS) is 32.8. The van der Waals surface area contributed by atoms with Crippen LogP contribution < -0.4 is 9.46 Å². The van der Waals surface area contributed by atoms with E-state index in [0.717, 1.165) is 50.7 Å². The van der Waals surface area contributed by atoms with E-state index in [9.17, 15) is 8.42 Å². The monoisotopic (exact) mass is 435 g/mol. The van der Waals surface area contributed by atoms with E-state index in [0.29, 0.717) is 19.1 Å². The Labute approximate surface area is 182 Å². The van der Waals surface area contributed by atoms with E-state index in [1.165, 1.54) is 5.56 Å². The van der Waals surface area contributed by atoms with Crippen LogP contribution in [0.4, 0.5) is 0 Å². The minimum atomic E-state index is -3.40. The first-order valence-electron chi connectivity index (χ1n) is 11.6. The van der Waals surface area contributed by atoms with Crippen LogP contribution in [0, 0.1) is 11.8 Å². The summed E-state index contributed by atoms with van der Waals surface area (Å²) in [6, 6.07) is 8.38. The maximum atomic E-state index is 12.9. The molecule has 0 aromatic heterocycles. The highest BCUT2D eigenvalue weighted by atomic mass is 32.2. The maximum absolute atomic E-state index is 12.9. The zero-order chi connectivity index (χ0) is 21.4. The van der Waals surface area contributed by atoms with Gasteiger partial charge in [-0.3, -0.25) is 0 Å². The van der Waals surface area contributed by atoms with Gasteiger partial charge in [0, 0.05) is 12.0 Å². The van der Waals surface area contributed by atoms with Gasteiger partial charge in [-0.2, -0.15) is 0 Å². The molecule has 0 spiro atoms. The number of fused-ring (bicyclic) bond motifs is 4. The van der Waals surface area contributed by atoms with E-state index < -0.39 is 14.8 Å². The molecule has 168 valence electrons. The second kappa shape index (κ2) is 8.79. The summed E-state index contributed by atoms with van der Waals surface area (Å²) in [7, 11) is -3.40. The maximum Gasteiger partial charge on any atom is 0.216 e. The molecular weight excluding hydrogens is 398 g/mol. The van der Waals surface area contributed by atoms with Crippen LogP contribution in [0.3, 0.4) is 0 Å². The van der Waals surface area contributed by atoms with Gasteiger partial charge in [0.15, 0.2) is 0 Å². The van der Waals surface area contributed by atoms with Crippen LogP contribution in [0.1, 0.15) is 77.2 Å². The second-order valence-corrected chi connectivity index (χ2v) is 12.8. The van der Waals surface area contributed by atoms with Gasteiger partial charge in [-0.05, 0) is 82.8 Å². The average molecular weight is 436 g/mol. The van der Waals surface area contributed by atoms with Gasteiger partial charge in [0.2, 0.25) is 10.0 Å². The molecule has 30 heavy (non-hydrogen) atoms. The number of nitrogens with one attached hydrogen (secondary N) is 1. The Morgan fingerprint density at radius 1 is 0.967 bits per heavy atom. The van der Waals surface area contributed by atoms with Crippen molar-refractivity contribution in [1.29, 1.82) is 0 Å². The second-order valence-electron chi connectivity index (χ2n) is 10.4. The third-order valence-electron chi connectivity index (χ3n) is 7.34. The molecule has 1 aromatic rings. The highest BCUT2D eigenvalue weighted by molar-refractivity contribution is 7.90. The molecule has 2 bridgehead atoms. The van der Waals surface area contributed by atoms with Crippen molar-refractivity contribution < 1.29 is 17.9 Å². The molecule has 5 rings (SSSR count). The van der Waals surface area contributed by atoms with Gasteiger partial charge in [-0.25, -0.2) is 13.1 Å². The molecule has 0 saturated heterocycles. The number of benzene rings is 1. The van der Waals surface area contributed by atoms with Crippen molar-refractivity contribution in [1.82, 2.24) is 4.72 Å². The average Bonchev–Trinajstić information content (AvgIpc) is 2.70. The van der Waals surface area contributed by atoms with E-state index in [1.807, 2.05) is 0 Å². The third kappa shape index (κ3) is 4.71. The lowest BCUT2D eigenvalue weighted by atomic mass is 9.76. The van der Waals surface area contributed by atoms with Crippen molar-refractivity contribution in [3.63, 3.8) is 0 Å². The fraction of sp³-hybridized carbons (Fsp3) is 0.750. The van der Waals surface area contributed by atoms with Crippen LogP contribution in [0.2, 0.25) is 0 Å². The lowest BCUT2D eigenvalue weighted by molar-refractivity contribution is -0.0298. The highest BCUT2D eigenvalue weighted by Gasteiger charge is 2.40. The minimum absolute atomic E-state index is 0.0916. The van der Waals surface area contributed by atoms with Crippen molar-refractivity contribution >= 4 is 10.0 Å². The fourth-order valence-electron chi connectivity index (χ4n) is 5.27. The molecule has 5 nitrogen and oxygen atoms in total. The molecule has 1 N–H and O–H groups in total. The molecule has 2 aliphatic carbocycles.